The maximum atomic E-state index is 9.21. The third kappa shape index (κ3) is 3.45. The number of aromatic nitrogens is 2. The molecule has 0 radical (unpaired) electrons. The van der Waals surface area contributed by atoms with Crippen molar-refractivity contribution < 1.29 is 5.11 Å². The van der Waals surface area contributed by atoms with Crippen LogP contribution in [0.25, 0.3) is 0 Å². The molecule has 5 nitrogen and oxygen atoms in total. The molecule has 1 aliphatic heterocycles. The fraction of sp³-hybridized carbons (Fsp3) is 0.444. The number of anilines is 2. The molecule has 0 saturated carbocycles. The standard InChI is InChI=1S/C18H24N4O/c1-12-8-17(21-18(19-12)20-13(2)11-23)22-10-16-7-5-4-6-15(16)9-14(22)3/h4-8,13-14,23H,9-11H2,1-3H3,(H,19,20,21)/t13-,14+/m1/s1. The fourth-order valence-corrected chi connectivity index (χ4v) is 3.02. The van der Waals surface area contributed by atoms with Gasteiger partial charge in [0, 0.05) is 30.4 Å². The second kappa shape index (κ2) is 6.54. The molecule has 0 amide bonds. The molecule has 0 spiro atoms. The van der Waals surface area contributed by atoms with Gasteiger partial charge >= 0.3 is 0 Å². The predicted octanol–water partition coefficient (Wildman–Crippen LogP) is 2.53. The van der Waals surface area contributed by atoms with Gasteiger partial charge in [0.05, 0.1) is 6.61 Å². The van der Waals surface area contributed by atoms with E-state index >= 15 is 0 Å². The molecule has 0 bridgehead atoms. The van der Waals surface area contributed by atoms with Gasteiger partial charge in [-0.05, 0) is 38.3 Å². The summed E-state index contributed by atoms with van der Waals surface area (Å²) >= 11 is 0. The normalized spacial score (nSPS) is 18.4. The quantitative estimate of drug-likeness (QED) is 0.908. The molecule has 0 unspecified atom stereocenters. The molecule has 3 rings (SSSR count). The van der Waals surface area contributed by atoms with Gasteiger partial charge in [-0.15, -0.1) is 0 Å². The second-order valence-corrected chi connectivity index (χ2v) is 6.37. The van der Waals surface area contributed by atoms with E-state index in [0.29, 0.717) is 12.0 Å². The first-order valence-corrected chi connectivity index (χ1v) is 8.13. The first kappa shape index (κ1) is 15.7. The van der Waals surface area contributed by atoms with E-state index in [1.54, 1.807) is 0 Å². The van der Waals surface area contributed by atoms with Crippen molar-refractivity contribution in [2.24, 2.45) is 0 Å². The number of fused-ring (bicyclic) bond motifs is 1. The van der Waals surface area contributed by atoms with Gasteiger partial charge in [0.2, 0.25) is 5.95 Å². The molecule has 0 aliphatic carbocycles. The lowest BCUT2D eigenvalue weighted by atomic mass is 9.95. The zero-order chi connectivity index (χ0) is 16.4. The van der Waals surface area contributed by atoms with Gasteiger partial charge in [-0.1, -0.05) is 24.3 Å². The Morgan fingerprint density at radius 2 is 2.04 bits per heavy atom. The lowest BCUT2D eigenvalue weighted by Gasteiger charge is -2.36. The second-order valence-electron chi connectivity index (χ2n) is 6.37. The molecule has 1 aliphatic rings. The molecule has 1 aromatic heterocycles. The summed E-state index contributed by atoms with van der Waals surface area (Å²) in [5.74, 6) is 1.51. The minimum atomic E-state index is -0.0656. The summed E-state index contributed by atoms with van der Waals surface area (Å²) in [6, 6.07) is 11.0. The first-order chi connectivity index (χ1) is 11.1. The van der Waals surface area contributed by atoms with Gasteiger partial charge in [-0.25, -0.2) is 4.98 Å². The molecule has 5 heteroatoms. The molecule has 2 atom stereocenters. The highest BCUT2D eigenvalue weighted by molar-refractivity contribution is 5.49. The Labute approximate surface area is 137 Å². The third-order valence-electron chi connectivity index (χ3n) is 4.29. The highest BCUT2D eigenvalue weighted by atomic mass is 16.3. The van der Waals surface area contributed by atoms with E-state index in [2.05, 4.69) is 51.4 Å². The Balaban J connectivity index is 1.89. The molecular weight excluding hydrogens is 288 g/mol. The number of aliphatic hydroxyl groups is 1. The Kier molecular flexibility index (Phi) is 4.48. The molecule has 2 N–H and O–H groups in total. The number of rotatable bonds is 4. The van der Waals surface area contributed by atoms with Crippen molar-refractivity contribution in [1.29, 1.82) is 0 Å². The summed E-state index contributed by atoms with van der Waals surface area (Å²) in [5.41, 5.74) is 3.71. The fourth-order valence-electron chi connectivity index (χ4n) is 3.02. The average molecular weight is 312 g/mol. The van der Waals surface area contributed by atoms with Gasteiger partial charge in [0.15, 0.2) is 0 Å². The summed E-state index contributed by atoms with van der Waals surface area (Å²) in [6.07, 6.45) is 1.02. The van der Waals surface area contributed by atoms with Gasteiger partial charge in [0.1, 0.15) is 5.82 Å². The molecule has 1 aromatic carbocycles. The van der Waals surface area contributed by atoms with E-state index < -0.39 is 0 Å². The van der Waals surface area contributed by atoms with Crippen LogP contribution in [0.4, 0.5) is 11.8 Å². The minimum Gasteiger partial charge on any atom is -0.394 e. The third-order valence-corrected chi connectivity index (χ3v) is 4.29. The SMILES string of the molecule is Cc1cc(N2Cc3ccccc3C[C@@H]2C)nc(N[C@H](C)CO)n1. The van der Waals surface area contributed by atoms with Crippen molar-refractivity contribution in [2.45, 2.75) is 45.8 Å². The van der Waals surface area contributed by atoms with Crippen LogP contribution in [0.1, 0.15) is 30.7 Å². The number of aliphatic hydroxyl groups excluding tert-OH is 1. The summed E-state index contributed by atoms with van der Waals surface area (Å²) < 4.78 is 0. The highest BCUT2D eigenvalue weighted by Crippen LogP contribution is 2.28. The van der Waals surface area contributed by atoms with Crippen LogP contribution in [0.2, 0.25) is 0 Å². The number of hydrogen-bond donors (Lipinski definition) is 2. The molecule has 0 saturated heterocycles. The minimum absolute atomic E-state index is 0.0557. The van der Waals surface area contributed by atoms with Gasteiger partial charge < -0.3 is 15.3 Å². The van der Waals surface area contributed by atoms with Gasteiger partial charge in [-0.2, -0.15) is 4.98 Å². The van der Waals surface area contributed by atoms with Crippen LogP contribution >= 0.6 is 0 Å². The number of benzene rings is 1. The smallest absolute Gasteiger partial charge is 0.225 e. The van der Waals surface area contributed by atoms with Crippen molar-refractivity contribution in [2.75, 3.05) is 16.8 Å². The van der Waals surface area contributed by atoms with Crippen molar-refractivity contribution in [3.8, 4) is 0 Å². The molecule has 23 heavy (non-hydrogen) atoms. The van der Waals surface area contributed by atoms with Crippen LogP contribution < -0.4 is 10.2 Å². The summed E-state index contributed by atoms with van der Waals surface area (Å²) in [7, 11) is 0. The summed E-state index contributed by atoms with van der Waals surface area (Å²) in [5, 5.41) is 12.4. The van der Waals surface area contributed by atoms with E-state index in [1.165, 1.54) is 11.1 Å². The predicted molar refractivity (Wildman–Crippen MR) is 92.7 cm³/mol. The monoisotopic (exact) mass is 312 g/mol. The van der Waals surface area contributed by atoms with Crippen molar-refractivity contribution in [3.63, 3.8) is 0 Å². The van der Waals surface area contributed by atoms with Crippen LogP contribution in [0.3, 0.4) is 0 Å². The van der Waals surface area contributed by atoms with Crippen molar-refractivity contribution >= 4 is 11.8 Å². The zero-order valence-corrected chi connectivity index (χ0v) is 14.0. The Bertz CT molecular complexity index is 688. The molecule has 122 valence electrons. The van der Waals surface area contributed by atoms with E-state index in [4.69, 9.17) is 0 Å². The maximum Gasteiger partial charge on any atom is 0.225 e. The molecule has 2 heterocycles. The lowest BCUT2D eigenvalue weighted by molar-refractivity contribution is 0.281. The summed E-state index contributed by atoms with van der Waals surface area (Å²) in [6.45, 7) is 7.04. The molecule has 0 fully saturated rings. The van der Waals surface area contributed by atoms with Crippen LogP contribution in [-0.4, -0.2) is 33.8 Å². The molecule has 2 aromatic rings. The van der Waals surface area contributed by atoms with Crippen molar-refractivity contribution in [3.05, 3.63) is 47.2 Å². The summed E-state index contributed by atoms with van der Waals surface area (Å²) in [4.78, 5) is 11.4. The number of nitrogens with one attached hydrogen (secondary N) is 1. The van der Waals surface area contributed by atoms with Crippen LogP contribution in [0.5, 0.6) is 0 Å². The van der Waals surface area contributed by atoms with E-state index in [1.807, 2.05) is 19.9 Å². The van der Waals surface area contributed by atoms with Crippen LogP contribution in [0.15, 0.2) is 30.3 Å². The van der Waals surface area contributed by atoms with Gasteiger partial charge in [0.25, 0.3) is 0 Å². The van der Waals surface area contributed by atoms with Crippen LogP contribution in [-0.2, 0) is 13.0 Å². The van der Waals surface area contributed by atoms with E-state index in [0.717, 1.165) is 24.5 Å². The van der Waals surface area contributed by atoms with Crippen molar-refractivity contribution in [1.82, 2.24) is 9.97 Å². The first-order valence-electron chi connectivity index (χ1n) is 8.13. The Hall–Kier alpha value is -2.14. The zero-order valence-electron chi connectivity index (χ0n) is 14.0. The number of aryl methyl sites for hydroxylation is 1. The van der Waals surface area contributed by atoms with Crippen LogP contribution in [0, 0.1) is 6.92 Å². The lowest BCUT2D eigenvalue weighted by Crippen LogP contribution is -2.39. The average Bonchev–Trinajstić information content (AvgIpc) is 2.53. The Morgan fingerprint density at radius 3 is 2.78 bits per heavy atom. The largest absolute Gasteiger partial charge is 0.394 e. The highest BCUT2D eigenvalue weighted by Gasteiger charge is 2.24. The number of hydrogen-bond acceptors (Lipinski definition) is 5. The maximum absolute atomic E-state index is 9.21. The Morgan fingerprint density at radius 1 is 1.30 bits per heavy atom. The number of nitrogens with zero attached hydrogens (tertiary/aromatic N) is 3. The van der Waals surface area contributed by atoms with Gasteiger partial charge in [-0.3, -0.25) is 0 Å². The van der Waals surface area contributed by atoms with E-state index in [9.17, 15) is 5.11 Å². The topological polar surface area (TPSA) is 61.3 Å². The molecular formula is C18H24N4O. The van der Waals surface area contributed by atoms with E-state index in [-0.39, 0.29) is 12.6 Å².